The number of aliphatic hydroxyl groups excluding tert-OH is 1. The van der Waals surface area contributed by atoms with Gasteiger partial charge in [0.15, 0.2) is 0 Å². The summed E-state index contributed by atoms with van der Waals surface area (Å²) in [4.78, 5) is 23.0. The minimum absolute atomic E-state index is 0.148. The van der Waals surface area contributed by atoms with Gasteiger partial charge in [0.1, 0.15) is 5.82 Å². The number of hydrogen-bond acceptors (Lipinski definition) is 10. The number of rotatable bonds is 16. The molecule has 15 heteroatoms. The largest absolute Gasteiger partial charge is 0.481 e. The van der Waals surface area contributed by atoms with Gasteiger partial charge < -0.3 is 30.2 Å². The number of nitrogens with one attached hydrogen (secondary N) is 2. The first-order valence-electron chi connectivity index (χ1n) is 22.8. The number of carboxylic acids is 1. The van der Waals surface area contributed by atoms with E-state index in [0.29, 0.717) is 42.5 Å². The lowest BCUT2D eigenvalue weighted by molar-refractivity contribution is -0.142. The number of likely N-dealkylation sites (tertiary alicyclic amines) is 2. The van der Waals surface area contributed by atoms with Gasteiger partial charge in [-0.3, -0.25) is 14.4 Å². The summed E-state index contributed by atoms with van der Waals surface area (Å²) in [5.74, 6) is -1.96. The molecule has 3 aliphatic rings. The molecule has 0 spiro atoms. The first-order valence-corrected chi connectivity index (χ1v) is 25.7. The van der Waals surface area contributed by atoms with Crippen molar-refractivity contribution in [3.05, 3.63) is 143 Å². The van der Waals surface area contributed by atoms with Crippen molar-refractivity contribution < 1.29 is 27.8 Å². The number of aliphatic hydroxyl groups is 1. The second-order valence-electron chi connectivity index (χ2n) is 17.9. The SMILES string of the molecule is Cc1cc(S(=O)(=O)Nc2ccc(N3CCN(c4ccc(F)c(C5C(C(=O)O)C(C)N(C)C5c5ccc(Cl)cc5)c4)CC3)cc2)ccc1N[C@H](CCN1CCC(O)CC1)CSc1ccccc1. The maximum atomic E-state index is 15.9. The molecule has 11 nitrogen and oxygen atoms in total. The van der Waals surface area contributed by atoms with E-state index in [0.717, 1.165) is 72.8 Å². The third kappa shape index (κ3) is 11.1. The van der Waals surface area contributed by atoms with Crippen LogP contribution in [-0.2, 0) is 14.8 Å². The number of piperidine rings is 1. The molecule has 0 saturated carbocycles. The Bertz CT molecular complexity index is 2540. The van der Waals surface area contributed by atoms with E-state index in [1.165, 1.54) is 11.0 Å². The molecule has 3 saturated heterocycles. The number of aliphatic carboxylic acids is 1. The third-order valence-electron chi connectivity index (χ3n) is 13.7. The lowest BCUT2D eigenvalue weighted by atomic mass is 9.79. The van der Waals surface area contributed by atoms with Crippen molar-refractivity contribution in [3.63, 3.8) is 0 Å². The lowest BCUT2D eigenvalue weighted by Gasteiger charge is -2.38. The molecule has 0 radical (unpaired) electrons. The van der Waals surface area contributed by atoms with Crippen LogP contribution in [0.3, 0.4) is 0 Å². The highest BCUT2D eigenvalue weighted by Crippen LogP contribution is 2.51. The number of carbonyl (C=O) groups is 1. The second-order valence-corrected chi connectivity index (χ2v) is 21.1. The summed E-state index contributed by atoms with van der Waals surface area (Å²) in [6.45, 7) is 9.20. The van der Waals surface area contributed by atoms with Crippen LogP contribution in [0.5, 0.6) is 0 Å². The summed E-state index contributed by atoms with van der Waals surface area (Å²) in [5.41, 5.74) is 5.28. The Kier molecular flexibility index (Phi) is 15.2. The highest BCUT2D eigenvalue weighted by atomic mass is 35.5. The molecule has 0 bridgehead atoms. The first-order chi connectivity index (χ1) is 31.7. The van der Waals surface area contributed by atoms with Crippen LogP contribution in [0, 0.1) is 18.7 Å². The molecule has 4 N–H and O–H groups in total. The molecule has 3 aliphatic heterocycles. The molecule has 66 heavy (non-hydrogen) atoms. The van der Waals surface area contributed by atoms with Crippen molar-refractivity contribution in [2.24, 2.45) is 5.92 Å². The molecular weight excluding hydrogens is 895 g/mol. The number of halogens is 2. The summed E-state index contributed by atoms with van der Waals surface area (Å²) >= 11 is 8.00. The van der Waals surface area contributed by atoms with Gasteiger partial charge in [-0.15, -0.1) is 11.8 Å². The predicted octanol–water partition coefficient (Wildman–Crippen LogP) is 9.19. The normalized spacial score (nSPS) is 21.5. The van der Waals surface area contributed by atoms with Crippen LogP contribution in [0.15, 0.2) is 125 Å². The Morgan fingerprint density at radius 2 is 1.52 bits per heavy atom. The molecule has 350 valence electrons. The van der Waals surface area contributed by atoms with E-state index in [2.05, 4.69) is 36.9 Å². The van der Waals surface area contributed by atoms with E-state index in [1.54, 1.807) is 54.2 Å². The number of aryl methyl sites for hydroxylation is 1. The van der Waals surface area contributed by atoms with E-state index in [9.17, 15) is 23.4 Å². The zero-order valence-electron chi connectivity index (χ0n) is 37.7. The third-order valence-corrected chi connectivity index (χ3v) is 16.5. The number of nitrogens with zero attached hydrogens (tertiary/aromatic N) is 4. The average molecular weight is 956 g/mol. The van der Waals surface area contributed by atoms with Crippen LogP contribution < -0.4 is 19.8 Å². The van der Waals surface area contributed by atoms with Crippen LogP contribution in [0.1, 0.15) is 54.8 Å². The number of carboxylic acid groups (broad SMARTS) is 1. The molecule has 0 amide bonds. The fourth-order valence-corrected chi connectivity index (χ4v) is 12.1. The van der Waals surface area contributed by atoms with Gasteiger partial charge in [0, 0.05) is 108 Å². The summed E-state index contributed by atoms with van der Waals surface area (Å²) in [5, 5.41) is 24.7. The number of anilines is 4. The van der Waals surface area contributed by atoms with Crippen LogP contribution in [0.4, 0.5) is 27.1 Å². The molecule has 5 aromatic carbocycles. The molecule has 5 aromatic rings. The second kappa shape index (κ2) is 21.0. The highest BCUT2D eigenvalue weighted by Gasteiger charge is 2.51. The van der Waals surface area contributed by atoms with Gasteiger partial charge in [-0.05, 0) is 142 Å². The van der Waals surface area contributed by atoms with Crippen molar-refractivity contribution in [2.45, 2.75) is 73.0 Å². The van der Waals surface area contributed by atoms with Crippen molar-refractivity contribution in [1.82, 2.24) is 9.80 Å². The average Bonchev–Trinajstić information content (AvgIpc) is 3.58. The molecule has 8 rings (SSSR count). The summed E-state index contributed by atoms with van der Waals surface area (Å²) in [6.07, 6.45) is 2.31. The Hall–Kier alpha value is -4.83. The predicted molar refractivity (Wildman–Crippen MR) is 265 cm³/mol. The summed E-state index contributed by atoms with van der Waals surface area (Å²) in [7, 11) is -1.98. The number of piperazine rings is 1. The lowest BCUT2D eigenvalue weighted by Crippen LogP contribution is -2.46. The molecule has 3 heterocycles. The maximum absolute atomic E-state index is 15.9. The zero-order valence-corrected chi connectivity index (χ0v) is 40.1. The molecule has 3 fully saturated rings. The van der Waals surface area contributed by atoms with Gasteiger partial charge in [0.25, 0.3) is 10.0 Å². The first kappa shape index (κ1) is 47.7. The van der Waals surface area contributed by atoms with E-state index in [4.69, 9.17) is 11.6 Å². The Labute approximate surface area is 398 Å². The van der Waals surface area contributed by atoms with Crippen molar-refractivity contribution in [2.75, 3.05) is 78.5 Å². The van der Waals surface area contributed by atoms with Gasteiger partial charge in [0.2, 0.25) is 0 Å². The fourth-order valence-electron chi connectivity index (χ4n) is 9.82. The van der Waals surface area contributed by atoms with Crippen molar-refractivity contribution in [1.29, 1.82) is 0 Å². The van der Waals surface area contributed by atoms with Gasteiger partial charge in [-0.2, -0.15) is 0 Å². The number of likely N-dealkylation sites (N-methyl/N-ethyl adjacent to an activating group) is 1. The monoisotopic (exact) mass is 954 g/mol. The molecular formula is C51H60ClFN6O5S2. The van der Waals surface area contributed by atoms with Crippen LogP contribution in [0.2, 0.25) is 5.02 Å². The number of thioether (sulfide) groups is 1. The van der Waals surface area contributed by atoms with Gasteiger partial charge in [0.05, 0.1) is 16.9 Å². The van der Waals surface area contributed by atoms with Gasteiger partial charge in [-0.1, -0.05) is 41.9 Å². The topological polar surface area (TPSA) is 129 Å². The van der Waals surface area contributed by atoms with Crippen LogP contribution in [-0.4, -0.2) is 111 Å². The fraction of sp³-hybridized carbons (Fsp3) is 0.392. The van der Waals surface area contributed by atoms with Crippen molar-refractivity contribution in [3.8, 4) is 0 Å². The van der Waals surface area contributed by atoms with E-state index in [-0.39, 0.29) is 29.1 Å². The minimum atomic E-state index is -3.88. The maximum Gasteiger partial charge on any atom is 0.308 e. The summed E-state index contributed by atoms with van der Waals surface area (Å²) < 4.78 is 46.0. The Balaban J connectivity index is 0.889. The highest BCUT2D eigenvalue weighted by molar-refractivity contribution is 7.99. The Morgan fingerprint density at radius 1 is 0.864 bits per heavy atom. The number of hydrogen-bond donors (Lipinski definition) is 4. The number of sulfonamides is 1. The molecule has 5 atom stereocenters. The summed E-state index contributed by atoms with van der Waals surface area (Å²) in [6, 6.07) is 34.8. The molecule has 0 aromatic heterocycles. The smallest absolute Gasteiger partial charge is 0.308 e. The van der Waals surface area contributed by atoms with E-state index >= 15 is 4.39 Å². The van der Waals surface area contributed by atoms with Gasteiger partial charge >= 0.3 is 5.97 Å². The van der Waals surface area contributed by atoms with Crippen molar-refractivity contribution >= 4 is 62.1 Å². The van der Waals surface area contributed by atoms with E-state index < -0.39 is 33.6 Å². The standard InChI is InChI=1S/C51H60ClFN6O5S2/c1-34-31-44(18-20-47(34)54-39(33-65-43-7-5-4-6-8-43)21-24-57-25-22-42(60)23-26-57)66(63,64)55-38-13-15-40(16-14-38)58-27-29-59(30-28-58)41-17-19-46(53)45(32-41)49-48(51(61)62)35(2)56(3)50(49)36-9-11-37(52)12-10-36/h4-20,31-32,35,39,42,48-50,54-55,60H,21-30,33H2,1-3H3,(H,61,62)/t35?,39-,48?,49?,50?/m1/s1. The number of benzene rings is 5. The van der Waals surface area contributed by atoms with Gasteiger partial charge in [-0.25, -0.2) is 12.8 Å². The minimum Gasteiger partial charge on any atom is -0.481 e. The quantitative estimate of drug-likeness (QED) is 0.0708. The van der Waals surface area contributed by atoms with E-state index in [1.807, 2.05) is 80.4 Å². The zero-order chi connectivity index (χ0) is 46.5. The molecule has 0 aliphatic carbocycles. The molecule has 4 unspecified atom stereocenters. The van der Waals surface area contributed by atoms with Crippen LogP contribution in [0.25, 0.3) is 0 Å². The Morgan fingerprint density at radius 3 is 2.17 bits per heavy atom. The van der Waals surface area contributed by atoms with Crippen LogP contribution >= 0.6 is 23.4 Å².